The van der Waals surface area contributed by atoms with Gasteiger partial charge in [-0.15, -0.1) is 0 Å². The number of hydrogen-bond donors (Lipinski definition) is 2. The Labute approximate surface area is 204 Å². The highest BCUT2D eigenvalue weighted by Gasteiger charge is 2.18. The van der Waals surface area contributed by atoms with Gasteiger partial charge < -0.3 is 24.8 Å². The number of methoxy groups -OCH3 is 1. The summed E-state index contributed by atoms with van der Waals surface area (Å²) < 4.78 is 15.9. The first-order valence-electron chi connectivity index (χ1n) is 11.1. The third kappa shape index (κ3) is 8.19. The van der Waals surface area contributed by atoms with Crippen LogP contribution in [-0.2, 0) is 20.7 Å². The van der Waals surface area contributed by atoms with Crippen molar-refractivity contribution in [1.82, 2.24) is 5.32 Å². The Morgan fingerprint density at radius 2 is 1.63 bits per heavy atom. The van der Waals surface area contributed by atoms with E-state index < -0.39 is 12.1 Å². The van der Waals surface area contributed by atoms with Crippen LogP contribution in [0, 0.1) is 0 Å². The van der Waals surface area contributed by atoms with Crippen LogP contribution in [0.3, 0.4) is 0 Å². The van der Waals surface area contributed by atoms with Gasteiger partial charge in [-0.2, -0.15) is 0 Å². The van der Waals surface area contributed by atoms with Gasteiger partial charge in [0.2, 0.25) is 0 Å². The molecule has 2 N–H and O–H groups in total. The van der Waals surface area contributed by atoms with Gasteiger partial charge in [0.05, 0.1) is 12.7 Å². The van der Waals surface area contributed by atoms with Crippen LogP contribution >= 0.6 is 0 Å². The van der Waals surface area contributed by atoms with Gasteiger partial charge >= 0.3 is 5.97 Å². The predicted molar refractivity (Wildman–Crippen MR) is 132 cm³/mol. The summed E-state index contributed by atoms with van der Waals surface area (Å²) in [5.74, 6) is -0.289. The number of carbonyl (C=O) groups is 3. The van der Waals surface area contributed by atoms with Crippen LogP contribution < -0.4 is 20.1 Å². The Balaban J connectivity index is 1.41. The minimum Gasteiger partial charge on any atom is -0.497 e. The molecule has 0 aliphatic heterocycles. The Morgan fingerprint density at radius 1 is 0.886 bits per heavy atom. The average molecular weight is 477 g/mol. The van der Waals surface area contributed by atoms with Crippen LogP contribution in [0.15, 0.2) is 78.9 Å². The van der Waals surface area contributed by atoms with Crippen LogP contribution in [0.5, 0.6) is 11.5 Å². The fourth-order valence-corrected chi connectivity index (χ4v) is 3.13. The molecule has 8 nitrogen and oxygen atoms in total. The van der Waals surface area contributed by atoms with Crippen molar-refractivity contribution in [2.75, 3.05) is 25.6 Å². The van der Waals surface area contributed by atoms with E-state index in [4.69, 9.17) is 14.2 Å². The van der Waals surface area contributed by atoms with Crippen molar-refractivity contribution in [3.63, 3.8) is 0 Å². The van der Waals surface area contributed by atoms with Gasteiger partial charge in [0.1, 0.15) is 11.5 Å². The van der Waals surface area contributed by atoms with E-state index in [1.165, 1.54) is 19.1 Å². The molecule has 8 heteroatoms. The molecule has 3 rings (SSSR count). The third-order valence-corrected chi connectivity index (χ3v) is 5.02. The standard InChI is InChI=1S/C27H28N2O6/c1-19(26(31)28-16-15-20-7-4-3-5-8-20)35-27(32)21-11-13-23(14-12-21)34-18-25(30)29-22-9-6-10-24(17-22)33-2/h3-14,17,19H,15-16,18H2,1-2H3,(H,28,31)(H,29,30). The minimum absolute atomic E-state index is 0.207. The van der Waals surface area contributed by atoms with Crippen molar-refractivity contribution in [3.05, 3.63) is 90.0 Å². The Kier molecular flexibility index (Phi) is 9.24. The van der Waals surface area contributed by atoms with E-state index in [9.17, 15) is 14.4 Å². The maximum atomic E-state index is 12.4. The monoisotopic (exact) mass is 476 g/mol. The topological polar surface area (TPSA) is 103 Å². The van der Waals surface area contributed by atoms with Crippen molar-refractivity contribution in [1.29, 1.82) is 0 Å². The maximum absolute atomic E-state index is 12.4. The Morgan fingerprint density at radius 3 is 2.34 bits per heavy atom. The van der Waals surface area contributed by atoms with E-state index in [0.29, 0.717) is 30.2 Å². The smallest absolute Gasteiger partial charge is 0.338 e. The number of rotatable bonds is 11. The summed E-state index contributed by atoms with van der Waals surface area (Å²) in [6.45, 7) is 1.76. The van der Waals surface area contributed by atoms with Gasteiger partial charge in [-0.1, -0.05) is 36.4 Å². The first kappa shape index (κ1) is 25.3. The normalized spacial score (nSPS) is 11.1. The number of benzene rings is 3. The lowest BCUT2D eigenvalue weighted by molar-refractivity contribution is -0.129. The van der Waals surface area contributed by atoms with Crippen LogP contribution in [0.1, 0.15) is 22.8 Å². The first-order valence-corrected chi connectivity index (χ1v) is 11.1. The van der Waals surface area contributed by atoms with E-state index in [0.717, 1.165) is 5.56 Å². The lowest BCUT2D eigenvalue weighted by Gasteiger charge is -2.14. The van der Waals surface area contributed by atoms with E-state index >= 15 is 0 Å². The molecule has 0 saturated heterocycles. The molecule has 2 amide bonds. The maximum Gasteiger partial charge on any atom is 0.338 e. The number of esters is 1. The Bertz CT molecular complexity index is 1130. The fraction of sp³-hybridized carbons (Fsp3) is 0.222. The molecule has 35 heavy (non-hydrogen) atoms. The van der Waals surface area contributed by atoms with Crippen molar-refractivity contribution >= 4 is 23.5 Å². The Hall–Kier alpha value is -4.33. The van der Waals surface area contributed by atoms with E-state index in [1.54, 1.807) is 43.5 Å². The predicted octanol–water partition coefficient (Wildman–Crippen LogP) is 3.62. The summed E-state index contributed by atoms with van der Waals surface area (Å²) >= 11 is 0. The second-order valence-electron chi connectivity index (χ2n) is 7.67. The fourth-order valence-electron chi connectivity index (χ4n) is 3.13. The van der Waals surface area contributed by atoms with Crippen LogP contribution in [0.2, 0.25) is 0 Å². The van der Waals surface area contributed by atoms with Crippen LogP contribution in [-0.4, -0.2) is 44.1 Å². The highest BCUT2D eigenvalue weighted by molar-refractivity contribution is 5.93. The number of hydrogen-bond acceptors (Lipinski definition) is 6. The second-order valence-corrected chi connectivity index (χ2v) is 7.67. The van der Waals surface area contributed by atoms with Gasteiger partial charge in [-0.25, -0.2) is 4.79 Å². The number of ether oxygens (including phenoxy) is 3. The zero-order chi connectivity index (χ0) is 25.0. The molecule has 0 aromatic heterocycles. The largest absolute Gasteiger partial charge is 0.497 e. The van der Waals surface area contributed by atoms with Gasteiger partial charge in [0.15, 0.2) is 12.7 Å². The number of amides is 2. The molecular weight excluding hydrogens is 448 g/mol. The zero-order valence-corrected chi connectivity index (χ0v) is 19.7. The van der Waals surface area contributed by atoms with Crippen molar-refractivity contribution < 1.29 is 28.6 Å². The molecule has 0 bridgehead atoms. The number of carbonyl (C=O) groups excluding carboxylic acids is 3. The van der Waals surface area contributed by atoms with Gasteiger partial charge in [0, 0.05) is 18.3 Å². The van der Waals surface area contributed by atoms with Crippen molar-refractivity contribution in [2.45, 2.75) is 19.4 Å². The molecule has 0 radical (unpaired) electrons. The molecule has 0 saturated carbocycles. The quantitative estimate of drug-likeness (QED) is 0.410. The van der Waals surface area contributed by atoms with Crippen LogP contribution in [0.4, 0.5) is 5.69 Å². The van der Waals surface area contributed by atoms with E-state index in [1.807, 2.05) is 30.3 Å². The van der Waals surface area contributed by atoms with Crippen molar-refractivity contribution in [2.24, 2.45) is 0 Å². The highest BCUT2D eigenvalue weighted by Crippen LogP contribution is 2.17. The van der Waals surface area contributed by atoms with Crippen LogP contribution in [0.25, 0.3) is 0 Å². The molecule has 0 spiro atoms. The summed E-state index contributed by atoms with van der Waals surface area (Å²) in [6.07, 6.45) is -0.249. The molecular formula is C27H28N2O6. The second kappa shape index (κ2) is 12.8. The molecule has 1 unspecified atom stereocenters. The SMILES string of the molecule is COc1cccc(NC(=O)COc2ccc(C(=O)OC(C)C(=O)NCCc3ccccc3)cc2)c1. The number of nitrogens with one attached hydrogen (secondary N) is 2. The summed E-state index contributed by atoms with van der Waals surface area (Å²) in [7, 11) is 1.55. The minimum atomic E-state index is -0.936. The van der Waals surface area contributed by atoms with Gasteiger partial charge in [-0.05, 0) is 55.3 Å². The molecule has 1 atom stereocenters. The lowest BCUT2D eigenvalue weighted by Crippen LogP contribution is -2.36. The van der Waals surface area contributed by atoms with E-state index in [-0.39, 0.29) is 24.0 Å². The summed E-state index contributed by atoms with van der Waals surface area (Å²) in [4.78, 5) is 36.7. The molecule has 0 aliphatic rings. The summed E-state index contributed by atoms with van der Waals surface area (Å²) in [5, 5.41) is 5.48. The van der Waals surface area contributed by atoms with Gasteiger partial charge in [0.25, 0.3) is 11.8 Å². The van der Waals surface area contributed by atoms with Gasteiger partial charge in [-0.3, -0.25) is 9.59 Å². The highest BCUT2D eigenvalue weighted by atomic mass is 16.5. The zero-order valence-electron chi connectivity index (χ0n) is 19.7. The van der Waals surface area contributed by atoms with E-state index in [2.05, 4.69) is 10.6 Å². The number of anilines is 1. The third-order valence-electron chi connectivity index (χ3n) is 5.02. The first-order chi connectivity index (χ1) is 16.9. The molecule has 0 heterocycles. The molecule has 0 fully saturated rings. The lowest BCUT2D eigenvalue weighted by atomic mass is 10.1. The molecule has 182 valence electrons. The summed E-state index contributed by atoms with van der Waals surface area (Å²) in [5.41, 5.74) is 1.97. The molecule has 3 aromatic carbocycles. The average Bonchev–Trinajstić information content (AvgIpc) is 2.88. The summed E-state index contributed by atoms with van der Waals surface area (Å²) in [6, 6.07) is 22.9. The van der Waals surface area contributed by atoms with Crippen molar-refractivity contribution in [3.8, 4) is 11.5 Å². The molecule has 0 aliphatic carbocycles. The molecule has 3 aromatic rings.